The number of nitrogens with zero attached hydrogens (tertiary/aromatic N) is 2. The number of benzene rings is 1. The third-order valence-corrected chi connectivity index (χ3v) is 3.19. The monoisotopic (exact) mass is 284 g/mol. The summed E-state index contributed by atoms with van der Waals surface area (Å²) in [5.74, 6) is 0.726. The molecule has 110 valence electrons. The van der Waals surface area contributed by atoms with Gasteiger partial charge < -0.3 is 10.6 Å². The molecule has 2 rings (SSSR count). The number of hydrogen-bond donors (Lipinski definition) is 2. The van der Waals surface area contributed by atoms with E-state index < -0.39 is 0 Å². The minimum absolute atomic E-state index is 0.201. The van der Waals surface area contributed by atoms with Gasteiger partial charge in [-0.1, -0.05) is 37.3 Å². The lowest BCUT2D eigenvalue weighted by Gasteiger charge is -2.12. The van der Waals surface area contributed by atoms with Crippen LogP contribution in [0, 0.1) is 0 Å². The van der Waals surface area contributed by atoms with Crippen LogP contribution < -0.4 is 10.6 Å². The van der Waals surface area contributed by atoms with E-state index in [1.165, 1.54) is 5.56 Å². The van der Waals surface area contributed by atoms with E-state index in [-0.39, 0.29) is 11.8 Å². The van der Waals surface area contributed by atoms with Gasteiger partial charge in [0.05, 0.1) is 0 Å². The third-order valence-electron chi connectivity index (χ3n) is 3.19. The van der Waals surface area contributed by atoms with Gasteiger partial charge in [-0.15, -0.1) is 10.2 Å². The van der Waals surface area contributed by atoms with E-state index in [4.69, 9.17) is 0 Å². The van der Waals surface area contributed by atoms with E-state index in [0.29, 0.717) is 18.1 Å². The molecule has 2 N–H and O–H groups in total. The van der Waals surface area contributed by atoms with Gasteiger partial charge >= 0.3 is 0 Å². The molecule has 0 aliphatic heterocycles. The fraction of sp³-hybridized carbons (Fsp3) is 0.312. The van der Waals surface area contributed by atoms with Crippen LogP contribution in [0.1, 0.15) is 35.8 Å². The summed E-state index contributed by atoms with van der Waals surface area (Å²) in [5.41, 5.74) is 1.53. The van der Waals surface area contributed by atoms with Crippen molar-refractivity contribution >= 4 is 11.7 Å². The Morgan fingerprint density at radius 2 is 1.90 bits per heavy atom. The summed E-state index contributed by atoms with van der Waals surface area (Å²) < 4.78 is 0. The lowest BCUT2D eigenvalue weighted by molar-refractivity contribution is 0.0945. The van der Waals surface area contributed by atoms with Crippen LogP contribution in [0.15, 0.2) is 42.5 Å². The summed E-state index contributed by atoms with van der Waals surface area (Å²) in [5, 5.41) is 13.8. The molecule has 1 aromatic carbocycles. The predicted octanol–water partition coefficient (Wildman–Crippen LogP) is 2.44. The van der Waals surface area contributed by atoms with E-state index in [0.717, 1.165) is 6.54 Å². The van der Waals surface area contributed by atoms with Gasteiger partial charge in [-0.05, 0) is 30.5 Å². The normalized spacial score (nSPS) is 11.7. The van der Waals surface area contributed by atoms with Gasteiger partial charge in [0, 0.05) is 13.1 Å². The molecule has 0 fully saturated rings. The predicted molar refractivity (Wildman–Crippen MR) is 83.4 cm³/mol. The maximum absolute atomic E-state index is 12.0. The van der Waals surface area contributed by atoms with Crippen LogP contribution in [0.3, 0.4) is 0 Å². The van der Waals surface area contributed by atoms with Crippen LogP contribution >= 0.6 is 0 Å². The summed E-state index contributed by atoms with van der Waals surface area (Å²) in [6, 6.07) is 13.5. The van der Waals surface area contributed by atoms with E-state index >= 15 is 0 Å². The molecule has 0 aliphatic rings. The Balaban J connectivity index is 1.89. The molecular formula is C16H20N4O. The highest BCUT2D eigenvalue weighted by Crippen LogP contribution is 2.13. The Kier molecular flexibility index (Phi) is 5.26. The highest BCUT2D eigenvalue weighted by Gasteiger charge is 2.10. The van der Waals surface area contributed by atoms with Crippen LogP contribution in [-0.2, 0) is 0 Å². The van der Waals surface area contributed by atoms with Gasteiger partial charge in [0.1, 0.15) is 5.82 Å². The van der Waals surface area contributed by atoms with Crippen molar-refractivity contribution < 1.29 is 4.79 Å². The molecule has 1 aromatic heterocycles. The van der Waals surface area contributed by atoms with Gasteiger partial charge in [0.25, 0.3) is 5.91 Å². The number of rotatable bonds is 6. The largest absolute Gasteiger partial charge is 0.369 e. The maximum Gasteiger partial charge on any atom is 0.271 e. The van der Waals surface area contributed by atoms with Crippen LogP contribution in [-0.4, -0.2) is 29.2 Å². The van der Waals surface area contributed by atoms with Crippen molar-refractivity contribution in [3.63, 3.8) is 0 Å². The lowest BCUT2D eigenvalue weighted by Crippen LogP contribution is -2.28. The van der Waals surface area contributed by atoms with E-state index in [9.17, 15) is 4.79 Å². The van der Waals surface area contributed by atoms with E-state index in [1.54, 1.807) is 12.1 Å². The van der Waals surface area contributed by atoms with Crippen molar-refractivity contribution in [2.24, 2.45) is 0 Å². The molecule has 1 unspecified atom stereocenters. The van der Waals surface area contributed by atoms with Crippen molar-refractivity contribution in [2.45, 2.75) is 19.8 Å². The highest BCUT2D eigenvalue weighted by molar-refractivity contribution is 5.92. The van der Waals surface area contributed by atoms with Crippen LogP contribution in [0.5, 0.6) is 0 Å². The molecule has 0 radical (unpaired) electrons. The minimum Gasteiger partial charge on any atom is -0.369 e. The molecule has 1 atom stereocenters. The standard InChI is InChI=1S/C16H20N4O/c1-3-17-15-10-9-14(19-20-15)16(21)18-11-12(2)13-7-5-4-6-8-13/h4-10,12H,3,11H2,1-2H3,(H,17,20)(H,18,21). The molecule has 2 aromatic rings. The Hall–Kier alpha value is -2.43. The SMILES string of the molecule is CCNc1ccc(C(=O)NCC(C)c2ccccc2)nn1. The first-order chi connectivity index (χ1) is 10.2. The van der Waals surface area contributed by atoms with E-state index in [1.807, 2.05) is 25.1 Å². The number of carbonyl (C=O) groups is 1. The van der Waals surface area contributed by atoms with Crippen molar-refractivity contribution in [1.82, 2.24) is 15.5 Å². The van der Waals surface area contributed by atoms with Crippen LogP contribution in [0.4, 0.5) is 5.82 Å². The number of amides is 1. The molecule has 1 amide bonds. The molecule has 0 bridgehead atoms. The average Bonchev–Trinajstić information content (AvgIpc) is 2.54. The number of aromatic nitrogens is 2. The molecule has 5 nitrogen and oxygen atoms in total. The second-order valence-corrected chi connectivity index (χ2v) is 4.86. The number of nitrogens with one attached hydrogen (secondary N) is 2. The number of hydrogen-bond acceptors (Lipinski definition) is 4. The summed E-state index contributed by atoms with van der Waals surface area (Å²) in [6.07, 6.45) is 0. The number of carbonyl (C=O) groups excluding carboxylic acids is 1. The second-order valence-electron chi connectivity index (χ2n) is 4.86. The van der Waals surface area contributed by atoms with Gasteiger partial charge in [0.15, 0.2) is 5.69 Å². The first kappa shape index (κ1) is 15.0. The average molecular weight is 284 g/mol. The molecule has 0 spiro atoms. The summed E-state index contributed by atoms with van der Waals surface area (Å²) >= 11 is 0. The lowest BCUT2D eigenvalue weighted by atomic mass is 10.0. The zero-order valence-electron chi connectivity index (χ0n) is 12.3. The summed E-state index contributed by atoms with van der Waals surface area (Å²) in [6.45, 7) is 5.40. The third kappa shape index (κ3) is 4.27. The molecule has 1 heterocycles. The zero-order valence-corrected chi connectivity index (χ0v) is 12.3. The van der Waals surface area contributed by atoms with Gasteiger partial charge in [-0.3, -0.25) is 4.79 Å². The molecule has 21 heavy (non-hydrogen) atoms. The van der Waals surface area contributed by atoms with Gasteiger partial charge in [-0.25, -0.2) is 0 Å². The quantitative estimate of drug-likeness (QED) is 0.855. The maximum atomic E-state index is 12.0. The second kappa shape index (κ2) is 7.38. The summed E-state index contributed by atoms with van der Waals surface area (Å²) in [4.78, 5) is 12.0. The van der Waals surface area contributed by atoms with Crippen LogP contribution in [0.25, 0.3) is 0 Å². The Morgan fingerprint density at radius 1 is 1.14 bits per heavy atom. The van der Waals surface area contributed by atoms with Gasteiger partial charge in [-0.2, -0.15) is 0 Å². The minimum atomic E-state index is -0.201. The van der Waals surface area contributed by atoms with E-state index in [2.05, 4.69) is 39.9 Å². The fourth-order valence-corrected chi connectivity index (χ4v) is 1.96. The number of anilines is 1. The first-order valence-electron chi connectivity index (χ1n) is 7.11. The van der Waals surface area contributed by atoms with Crippen molar-refractivity contribution in [3.05, 3.63) is 53.7 Å². The van der Waals surface area contributed by atoms with Crippen molar-refractivity contribution in [3.8, 4) is 0 Å². The Morgan fingerprint density at radius 3 is 2.52 bits per heavy atom. The topological polar surface area (TPSA) is 66.9 Å². The molecular weight excluding hydrogens is 264 g/mol. The smallest absolute Gasteiger partial charge is 0.271 e. The molecule has 0 saturated carbocycles. The molecule has 0 aliphatic carbocycles. The van der Waals surface area contributed by atoms with Crippen LogP contribution in [0.2, 0.25) is 0 Å². The zero-order chi connectivity index (χ0) is 15.1. The summed E-state index contributed by atoms with van der Waals surface area (Å²) in [7, 11) is 0. The van der Waals surface area contributed by atoms with Crippen molar-refractivity contribution in [1.29, 1.82) is 0 Å². The fourth-order valence-electron chi connectivity index (χ4n) is 1.96. The first-order valence-corrected chi connectivity index (χ1v) is 7.11. The Bertz CT molecular complexity index is 569. The van der Waals surface area contributed by atoms with Crippen molar-refractivity contribution in [2.75, 3.05) is 18.4 Å². The molecule has 5 heteroatoms. The molecule has 0 saturated heterocycles. The highest BCUT2D eigenvalue weighted by atomic mass is 16.1. The Labute approximate surface area is 124 Å². The van der Waals surface area contributed by atoms with Gasteiger partial charge in [0.2, 0.25) is 0 Å².